The first-order valence-electron chi connectivity index (χ1n) is 9.32. The van der Waals surface area contributed by atoms with E-state index < -0.39 is 11.5 Å². The number of ether oxygens (including phenoxy) is 2. The highest BCUT2D eigenvalue weighted by atomic mass is 16.5. The van der Waals surface area contributed by atoms with Crippen molar-refractivity contribution in [1.82, 2.24) is 19.4 Å². The summed E-state index contributed by atoms with van der Waals surface area (Å²) in [6, 6.07) is 16.3. The van der Waals surface area contributed by atoms with Crippen LogP contribution in [0.2, 0.25) is 0 Å². The average molecular weight is 405 g/mol. The van der Waals surface area contributed by atoms with Crippen molar-refractivity contribution in [2.45, 2.75) is 6.92 Å². The van der Waals surface area contributed by atoms with Gasteiger partial charge in [-0.05, 0) is 43.3 Å². The van der Waals surface area contributed by atoms with Crippen LogP contribution < -0.4 is 20.5 Å². The number of para-hydroxylation sites is 1. The fourth-order valence-electron chi connectivity index (χ4n) is 2.86. The molecule has 0 saturated carbocycles. The number of hydrogen-bond acceptors (Lipinski definition) is 6. The molecule has 0 unspecified atom stereocenters. The SMILES string of the molecule is CCOc1ccc(OCC(=O)Nn2cnc3c(cnn3-c3ccccc3)c2=O)cc1. The molecular weight excluding hydrogens is 386 g/mol. The van der Waals surface area contributed by atoms with Gasteiger partial charge in [-0.2, -0.15) is 5.10 Å². The normalized spacial score (nSPS) is 10.7. The largest absolute Gasteiger partial charge is 0.494 e. The van der Waals surface area contributed by atoms with Crippen LogP contribution in [0.4, 0.5) is 0 Å². The summed E-state index contributed by atoms with van der Waals surface area (Å²) in [5.74, 6) is 0.734. The lowest BCUT2D eigenvalue weighted by Crippen LogP contribution is -2.35. The fourth-order valence-corrected chi connectivity index (χ4v) is 2.86. The Bertz CT molecular complexity index is 1220. The zero-order valence-corrected chi connectivity index (χ0v) is 16.2. The summed E-state index contributed by atoms with van der Waals surface area (Å²) < 4.78 is 13.4. The van der Waals surface area contributed by atoms with Gasteiger partial charge in [-0.15, -0.1) is 0 Å². The number of carbonyl (C=O) groups is 1. The average Bonchev–Trinajstić information content (AvgIpc) is 3.21. The molecule has 4 rings (SSSR count). The maximum Gasteiger partial charge on any atom is 0.283 e. The first kappa shape index (κ1) is 19.2. The van der Waals surface area contributed by atoms with Gasteiger partial charge in [-0.3, -0.25) is 15.0 Å². The number of nitrogens with one attached hydrogen (secondary N) is 1. The molecule has 0 spiro atoms. The Balaban J connectivity index is 1.45. The molecule has 2 aromatic carbocycles. The van der Waals surface area contributed by atoms with E-state index in [4.69, 9.17) is 9.47 Å². The van der Waals surface area contributed by atoms with E-state index in [1.807, 2.05) is 37.3 Å². The van der Waals surface area contributed by atoms with Crippen LogP contribution >= 0.6 is 0 Å². The maximum atomic E-state index is 12.7. The third-order valence-corrected chi connectivity index (χ3v) is 4.24. The van der Waals surface area contributed by atoms with Crippen molar-refractivity contribution in [2.24, 2.45) is 0 Å². The van der Waals surface area contributed by atoms with Gasteiger partial charge in [-0.1, -0.05) is 18.2 Å². The molecule has 0 atom stereocenters. The first-order chi connectivity index (χ1) is 14.7. The Morgan fingerprint density at radius 2 is 1.73 bits per heavy atom. The highest BCUT2D eigenvalue weighted by Gasteiger charge is 2.13. The second-order valence-corrected chi connectivity index (χ2v) is 6.28. The van der Waals surface area contributed by atoms with Crippen LogP contribution in [0.25, 0.3) is 16.7 Å². The van der Waals surface area contributed by atoms with Gasteiger partial charge < -0.3 is 9.47 Å². The van der Waals surface area contributed by atoms with Gasteiger partial charge >= 0.3 is 0 Å². The van der Waals surface area contributed by atoms with Crippen LogP contribution in [-0.4, -0.2) is 38.6 Å². The van der Waals surface area contributed by atoms with Crippen molar-refractivity contribution in [3.8, 4) is 17.2 Å². The molecule has 0 aliphatic carbocycles. The van der Waals surface area contributed by atoms with Gasteiger partial charge in [0.05, 0.1) is 18.5 Å². The minimum absolute atomic E-state index is 0.262. The summed E-state index contributed by atoms with van der Waals surface area (Å²) in [5, 5.41) is 4.52. The molecular formula is C21H19N5O4. The molecule has 1 N–H and O–H groups in total. The summed E-state index contributed by atoms with van der Waals surface area (Å²) in [6.07, 6.45) is 2.68. The number of aromatic nitrogens is 4. The zero-order chi connectivity index (χ0) is 20.9. The van der Waals surface area contributed by atoms with Gasteiger partial charge in [0, 0.05) is 0 Å². The second kappa shape index (κ2) is 8.48. The van der Waals surface area contributed by atoms with Gasteiger partial charge in [0.2, 0.25) is 0 Å². The first-order valence-corrected chi connectivity index (χ1v) is 9.32. The Morgan fingerprint density at radius 1 is 1.03 bits per heavy atom. The molecule has 4 aromatic rings. The molecule has 0 saturated heterocycles. The molecule has 0 bridgehead atoms. The van der Waals surface area contributed by atoms with Crippen LogP contribution in [0.5, 0.6) is 11.5 Å². The second-order valence-electron chi connectivity index (χ2n) is 6.28. The number of carbonyl (C=O) groups excluding carboxylic acids is 1. The number of hydrogen-bond donors (Lipinski definition) is 1. The van der Waals surface area contributed by atoms with Crippen molar-refractivity contribution in [2.75, 3.05) is 18.6 Å². The molecule has 0 fully saturated rings. The van der Waals surface area contributed by atoms with E-state index in [0.717, 1.165) is 16.1 Å². The van der Waals surface area contributed by atoms with E-state index in [1.165, 1.54) is 12.5 Å². The summed E-state index contributed by atoms with van der Waals surface area (Å²) in [5.41, 5.74) is 3.22. The number of nitrogens with zero attached hydrogens (tertiary/aromatic N) is 4. The van der Waals surface area contributed by atoms with Crippen molar-refractivity contribution in [3.05, 3.63) is 77.5 Å². The van der Waals surface area contributed by atoms with Crippen LogP contribution in [0, 0.1) is 0 Å². The molecule has 1 amide bonds. The van der Waals surface area contributed by atoms with Crippen LogP contribution in [-0.2, 0) is 4.79 Å². The monoisotopic (exact) mass is 405 g/mol. The van der Waals surface area contributed by atoms with Crippen LogP contribution in [0.15, 0.2) is 71.9 Å². The molecule has 9 nitrogen and oxygen atoms in total. The number of benzene rings is 2. The molecule has 152 valence electrons. The number of fused-ring (bicyclic) bond motifs is 1. The van der Waals surface area contributed by atoms with Gasteiger partial charge in [0.1, 0.15) is 23.2 Å². The lowest BCUT2D eigenvalue weighted by atomic mass is 10.3. The summed E-state index contributed by atoms with van der Waals surface area (Å²) >= 11 is 0. The van der Waals surface area contributed by atoms with E-state index in [2.05, 4.69) is 15.5 Å². The van der Waals surface area contributed by atoms with Crippen LogP contribution in [0.3, 0.4) is 0 Å². The van der Waals surface area contributed by atoms with Gasteiger partial charge in [-0.25, -0.2) is 14.3 Å². The molecule has 9 heteroatoms. The van der Waals surface area contributed by atoms with E-state index in [1.54, 1.807) is 28.9 Å². The molecule has 0 aliphatic heterocycles. The van der Waals surface area contributed by atoms with Gasteiger partial charge in [0.15, 0.2) is 12.3 Å². The van der Waals surface area contributed by atoms with E-state index in [-0.39, 0.29) is 12.0 Å². The predicted molar refractivity (Wildman–Crippen MR) is 111 cm³/mol. The molecule has 2 heterocycles. The Labute approximate surface area is 171 Å². The molecule has 30 heavy (non-hydrogen) atoms. The highest BCUT2D eigenvalue weighted by Crippen LogP contribution is 2.17. The summed E-state index contributed by atoms with van der Waals surface area (Å²) in [7, 11) is 0. The lowest BCUT2D eigenvalue weighted by molar-refractivity contribution is -0.119. The van der Waals surface area contributed by atoms with Crippen molar-refractivity contribution in [3.63, 3.8) is 0 Å². The van der Waals surface area contributed by atoms with Crippen molar-refractivity contribution >= 4 is 16.9 Å². The smallest absolute Gasteiger partial charge is 0.283 e. The molecule has 2 aromatic heterocycles. The number of rotatable bonds is 7. The fraction of sp³-hybridized carbons (Fsp3) is 0.143. The topological polar surface area (TPSA) is 100 Å². The zero-order valence-electron chi connectivity index (χ0n) is 16.2. The number of amides is 1. The molecule has 0 aliphatic rings. The Kier molecular flexibility index (Phi) is 5.42. The summed E-state index contributed by atoms with van der Waals surface area (Å²) in [4.78, 5) is 29.2. The highest BCUT2D eigenvalue weighted by molar-refractivity contribution is 5.85. The maximum absolute atomic E-state index is 12.7. The lowest BCUT2D eigenvalue weighted by Gasteiger charge is -2.10. The predicted octanol–water partition coefficient (Wildman–Crippen LogP) is 2.13. The van der Waals surface area contributed by atoms with Crippen LogP contribution in [0.1, 0.15) is 6.92 Å². The van der Waals surface area contributed by atoms with E-state index in [0.29, 0.717) is 18.0 Å². The minimum Gasteiger partial charge on any atom is -0.494 e. The quantitative estimate of drug-likeness (QED) is 0.506. The standard InChI is InChI=1S/C21H19N5O4/c1-2-29-16-8-10-17(11-9-16)30-13-19(27)24-25-14-22-20-18(21(25)28)12-23-26(20)15-6-4-3-5-7-15/h3-12,14H,2,13H2,1H3,(H,24,27). The summed E-state index contributed by atoms with van der Waals surface area (Å²) in [6.45, 7) is 2.21. The minimum atomic E-state index is -0.498. The van der Waals surface area contributed by atoms with Gasteiger partial charge in [0.25, 0.3) is 11.5 Å². The van der Waals surface area contributed by atoms with Crippen molar-refractivity contribution in [1.29, 1.82) is 0 Å². The third kappa shape index (κ3) is 4.00. The Morgan fingerprint density at radius 3 is 2.43 bits per heavy atom. The Hall–Kier alpha value is -4.14. The third-order valence-electron chi connectivity index (χ3n) is 4.24. The molecule has 0 radical (unpaired) electrons. The van der Waals surface area contributed by atoms with E-state index >= 15 is 0 Å². The van der Waals surface area contributed by atoms with E-state index in [9.17, 15) is 9.59 Å². The van der Waals surface area contributed by atoms with Crippen molar-refractivity contribution < 1.29 is 14.3 Å².